The lowest BCUT2D eigenvalue weighted by Crippen LogP contribution is -2.48. The molecule has 0 saturated carbocycles. The van der Waals surface area contributed by atoms with Crippen molar-refractivity contribution < 1.29 is 9.53 Å². The highest BCUT2D eigenvalue weighted by Gasteiger charge is 2.18. The number of halogens is 1. The lowest BCUT2D eigenvalue weighted by molar-refractivity contribution is -0.124. The summed E-state index contributed by atoms with van der Waals surface area (Å²) in [5.41, 5.74) is 6.90. The molecule has 3 N–H and O–H groups in total. The number of carbonyl (C=O) groups excluding carboxylic acids is 1. The Morgan fingerprint density at radius 2 is 1.85 bits per heavy atom. The predicted octanol–water partition coefficient (Wildman–Crippen LogP) is 2.11. The van der Waals surface area contributed by atoms with Gasteiger partial charge in [0.05, 0.1) is 19.3 Å². The normalized spacial score (nSPS) is 13.4. The Balaban J connectivity index is 0.00000361. The van der Waals surface area contributed by atoms with E-state index in [4.69, 9.17) is 10.5 Å². The first kappa shape index (κ1) is 18.9. The van der Waals surface area contributed by atoms with Gasteiger partial charge >= 0.3 is 0 Å². The van der Waals surface area contributed by atoms with E-state index in [0.29, 0.717) is 13.2 Å². The molecule has 1 aromatic rings. The molecular weight excluding hydrogens is 276 g/mol. The number of amides is 1. The average Bonchev–Trinajstić information content (AvgIpc) is 2.38. The number of hydrogen-bond acceptors (Lipinski definition) is 3. The third kappa shape index (κ3) is 6.89. The summed E-state index contributed by atoms with van der Waals surface area (Å²) < 4.78 is 5.57. The van der Waals surface area contributed by atoms with E-state index in [-0.39, 0.29) is 30.3 Å². The molecule has 114 valence electrons. The number of hydrogen-bond donors (Lipinski definition) is 2. The van der Waals surface area contributed by atoms with Gasteiger partial charge in [0, 0.05) is 6.04 Å². The van der Waals surface area contributed by atoms with E-state index in [2.05, 4.69) is 5.32 Å². The first-order valence-electron chi connectivity index (χ1n) is 6.68. The fourth-order valence-corrected chi connectivity index (χ4v) is 1.61. The van der Waals surface area contributed by atoms with Crippen molar-refractivity contribution >= 4 is 18.3 Å². The minimum atomic E-state index is -0.462. The van der Waals surface area contributed by atoms with E-state index in [1.54, 1.807) is 0 Å². The summed E-state index contributed by atoms with van der Waals surface area (Å²) in [6.45, 7) is 6.81. The van der Waals surface area contributed by atoms with Crippen molar-refractivity contribution in [1.82, 2.24) is 5.32 Å². The van der Waals surface area contributed by atoms with Gasteiger partial charge in [0.15, 0.2) is 0 Å². The highest BCUT2D eigenvalue weighted by Crippen LogP contribution is 2.02. The highest BCUT2D eigenvalue weighted by molar-refractivity contribution is 5.85. The fourth-order valence-electron chi connectivity index (χ4n) is 1.61. The van der Waals surface area contributed by atoms with Gasteiger partial charge in [-0.1, -0.05) is 44.2 Å². The van der Waals surface area contributed by atoms with Crippen molar-refractivity contribution in [2.45, 2.75) is 39.5 Å². The number of benzene rings is 1. The molecule has 0 bridgehead atoms. The molecule has 0 aromatic heterocycles. The summed E-state index contributed by atoms with van der Waals surface area (Å²) in [5.74, 6) is 0.0169. The van der Waals surface area contributed by atoms with Gasteiger partial charge in [-0.05, 0) is 18.4 Å². The van der Waals surface area contributed by atoms with Gasteiger partial charge in [-0.2, -0.15) is 0 Å². The standard InChI is InChI=1S/C15H24N2O2.ClH/c1-11(2)14(16)15(18)17-12(3)9-19-10-13-7-5-4-6-8-13;/h4-8,11-12,14H,9-10,16H2,1-3H3,(H,17,18);1H/t12?,14-;/m0./s1. The predicted molar refractivity (Wildman–Crippen MR) is 83.8 cm³/mol. The van der Waals surface area contributed by atoms with Crippen LogP contribution in [-0.4, -0.2) is 24.6 Å². The molecule has 0 aliphatic rings. The minimum absolute atomic E-state index is 0. The van der Waals surface area contributed by atoms with Gasteiger partial charge in [0.25, 0.3) is 0 Å². The SMILES string of the molecule is CC(COCc1ccccc1)NC(=O)[C@@H](N)C(C)C.Cl. The van der Waals surface area contributed by atoms with Crippen molar-refractivity contribution in [3.63, 3.8) is 0 Å². The quantitative estimate of drug-likeness (QED) is 0.810. The first-order valence-corrected chi connectivity index (χ1v) is 6.68. The lowest BCUT2D eigenvalue weighted by atomic mass is 10.0. The summed E-state index contributed by atoms with van der Waals surface area (Å²) in [4.78, 5) is 11.7. The maximum absolute atomic E-state index is 11.7. The monoisotopic (exact) mass is 300 g/mol. The minimum Gasteiger partial charge on any atom is -0.375 e. The van der Waals surface area contributed by atoms with Gasteiger partial charge in [0.2, 0.25) is 5.91 Å². The fraction of sp³-hybridized carbons (Fsp3) is 0.533. The van der Waals surface area contributed by atoms with Gasteiger partial charge in [-0.3, -0.25) is 4.79 Å². The second-order valence-electron chi connectivity index (χ2n) is 5.18. The Bertz CT molecular complexity index is 385. The van der Waals surface area contributed by atoms with Crippen LogP contribution in [0.5, 0.6) is 0 Å². The van der Waals surface area contributed by atoms with Crippen molar-refractivity contribution in [2.24, 2.45) is 11.7 Å². The van der Waals surface area contributed by atoms with Crippen LogP contribution in [-0.2, 0) is 16.1 Å². The van der Waals surface area contributed by atoms with E-state index in [1.807, 2.05) is 51.1 Å². The molecule has 0 aliphatic carbocycles. The summed E-state index contributed by atoms with van der Waals surface area (Å²) in [5, 5.41) is 2.86. The van der Waals surface area contributed by atoms with Crippen LogP contribution in [0.2, 0.25) is 0 Å². The molecule has 0 spiro atoms. The van der Waals surface area contributed by atoms with Gasteiger partial charge < -0.3 is 15.8 Å². The van der Waals surface area contributed by atoms with Gasteiger partial charge in [-0.25, -0.2) is 0 Å². The molecule has 4 nitrogen and oxygen atoms in total. The van der Waals surface area contributed by atoms with Crippen LogP contribution in [0, 0.1) is 5.92 Å². The van der Waals surface area contributed by atoms with Crippen LogP contribution in [0.1, 0.15) is 26.3 Å². The topological polar surface area (TPSA) is 64.3 Å². The molecule has 20 heavy (non-hydrogen) atoms. The molecule has 0 aliphatic heterocycles. The van der Waals surface area contributed by atoms with Crippen molar-refractivity contribution in [3.8, 4) is 0 Å². The lowest BCUT2D eigenvalue weighted by Gasteiger charge is -2.19. The molecule has 0 heterocycles. The zero-order chi connectivity index (χ0) is 14.3. The Hall–Kier alpha value is -1.10. The number of carbonyl (C=O) groups is 1. The Kier molecular flexibility index (Phi) is 9.21. The van der Waals surface area contributed by atoms with E-state index in [9.17, 15) is 4.79 Å². The summed E-state index contributed by atoms with van der Waals surface area (Å²) >= 11 is 0. The van der Waals surface area contributed by atoms with Crippen LogP contribution in [0.3, 0.4) is 0 Å². The highest BCUT2D eigenvalue weighted by atomic mass is 35.5. The van der Waals surface area contributed by atoms with Gasteiger partial charge in [-0.15, -0.1) is 12.4 Å². The second kappa shape index (κ2) is 9.75. The van der Waals surface area contributed by atoms with Crippen LogP contribution >= 0.6 is 12.4 Å². The first-order chi connectivity index (χ1) is 9.00. The smallest absolute Gasteiger partial charge is 0.237 e. The number of ether oxygens (including phenoxy) is 1. The Morgan fingerprint density at radius 3 is 2.40 bits per heavy atom. The van der Waals surface area contributed by atoms with Gasteiger partial charge in [0.1, 0.15) is 0 Å². The molecule has 0 saturated heterocycles. The molecule has 0 fully saturated rings. The summed E-state index contributed by atoms with van der Waals surface area (Å²) in [7, 11) is 0. The molecule has 5 heteroatoms. The molecule has 1 unspecified atom stereocenters. The maximum Gasteiger partial charge on any atom is 0.237 e. The molecule has 1 rings (SSSR count). The van der Waals surface area contributed by atoms with Crippen molar-refractivity contribution in [3.05, 3.63) is 35.9 Å². The largest absolute Gasteiger partial charge is 0.375 e. The number of nitrogens with one attached hydrogen (secondary N) is 1. The zero-order valence-electron chi connectivity index (χ0n) is 12.3. The van der Waals surface area contributed by atoms with E-state index in [1.165, 1.54) is 0 Å². The van der Waals surface area contributed by atoms with Crippen LogP contribution in [0.15, 0.2) is 30.3 Å². The van der Waals surface area contributed by atoms with E-state index in [0.717, 1.165) is 5.56 Å². The molecular formula is C15H25ClN2O2. The molecule has 1 aromatic carbocycles. The third-order valence-corrected chi connectivity index (χ3v) is 2.89. The Morgan fingerprint density at radius 1 is 1.25 bits per heavy atom. The molecule has 1 amide bonds. The number of rotatable bonds is 7. The summed E-state index contributed by atoms with van der Waals surface area (Å²) in [6, 6.07) is 9.45. The van der Waals surface area contributed by atoms with Crippen molar-refractivity contribution in [1.29, 1.82) is 0 Å². The van der Waals surface area contributed by atoms with Crippen LogP contribution in [0.25, 0.3) is 0 Å². The number of nitrogens with two attached hydrogens (primary N) is 1. The zero-order valence-corrected chi connectivity index (χ0v) is 13.2. The molecule has 0 radical (unpaired) electrons. The summed E-state index contributed by atoms with van der Waals surface area (Å²) in [6.07, 6.45) is 0. The van der Waals surface area contributed by atoms with Crippen LogP contribution < -0.4 is 11.1 Å². The Labute approximate surface area is 127 Å². The average molecular weight is 301 g/mol. The van der Waals surface area contributed by atoms with Crippen molar-refractivity contribution in [2.75, 3.05) is 6.61 Å². The van der Waals surface area contributed by atoms with E-state index >= 15 is 0 Å². The van der Waals surface area contributed by atoms with Crippen LogP contribution in [0.4, 0.5) is 0 Å². The molecule has 2 atom stereocenters. The third-order valence-electron chi connectivity index (χ3n) is 2.89. The maximum atomic E-state index is 11.7. The second-order valence-corrected chi connectivity index (χ2v) is 5.18. The van der Waals surface area contributed by atoms with E-state index < -0.39 is 6.04 Å².